The number of phenols is 1. The van der Waals surface area contributed by atoms with Gasteiger partial charge in [-0.15, -0.1) is 0 Å². The highest BCUT2D eigenvalue weighted by Crippen LogP contribution is 2.28. The van der Waals surface area contributed by atoms with Crippen molar-refractivity contribution in [3.63, 3.8) is 0 Å². The minimum atomic E-state index is -0.0981. The summed E-state index contributed by atoms with van der Waals surface area (Å²) in [6.07, 6.45) is 2.60. The van der Waals surface area contributed by atoms with E-state index in [-0.39, 0.29) is 5.56 Å². The molecule has 0 radical (unpaired) electrons. The molecule has 0 saturated carbocycles. The van der Waals surface area contributed by atoms with Crippen molar-refractivity contribution in [1.82, 2.24) is 14.7 Å². The first kappa shape index (κ1) is 18.3. The number of rotatable bonds is 6. The Hall–Kier alpha value is -2.54. The fraction of sp³-hybridized carbons (Fsp3) is 0.474. The van der Waals surface area contributed by atoms with Crippen LogP contribution in [0.15, 0.2) is 35.3 Å². The standard InChI is InChI=1S/C19H27N5O2/c1-15-4-5-17(18(25)14-15)24-12-10-23(11-13-24)9-3-7-20-16-6-8-21-22(2)19(16)26/h4-6,8,14,20,25H,3,7,9-13H2,1-2H3. The van der Waals surface area contributed by atoms with Gasteiger partial charge in [0.25, 0.3) is 5.56 Å². The van der Waals surface area contributed by atoms with Crippen LogP contribution in [0.4, 0.5) is 11.4 Å². The van der Waals surface area contributed by atoms with Gasteiger partial charge in [0, 0.05) is 46.0 Å². The molecule has 26 heavy (non-hydrogen) atoms. The minimum Gasteiger partial charge on any atom is -0.506 e. The summed E-state index contributed by atoms with van der Waals surface area (Å²) in [6.45, 7) is 7.51. The van der Waals surface area contributed by atoms with Gasteiger partial charge >= 0.3 is 0 Å². The van der Waals surface area contributed by atoms with E-state index in [1.54, 1.807) is 19.3 Å². The third-order valence-corrected chi connectivity index (χ3v) is 4.82. The first-order valence-corrected chi connectivity index (χ1v) is 9.08. The van der Waals surface area contributed by atoms with Crippen LogP contribution >= 0.6 is 0 Å². The molecule has 3 rings (SSSR count). The van der Waals surface area contributed by atoms with Crippen LogP contribution < -0.4 is 15.8 Å². The molecule has 7 heteroatoms. The molecule has 1 saturated heterocycles. The predicted molar refractivity (Wildman–Crippen MR) is 104 cm³/mol. The molecule has 0 atom stereocenters. The summed E-state index contributed by atoms with van der Waals surface area (Å²) < 4.78 is 1.34. The summed E-state index contributed by atoms with van der Waals surface area (Å²) in [7, 11) is 1.65. The lowest BCUT2D eigenvalue weighted by atomic mass is 10.1. The van der Waals surface area contributed by atoms with Crippen LogP contribution in [-0.2, 0) is 7.05 Å². The summed E-state index contributed by atoms with van der Waals surface area (Å²) in [5.41, 5.74) is 2.49. The smallest absolute Gasteiger partial charge is 0.289 e. The van der Waals surface area contributed by atoms with E-state index in [0.717, 1.165) is 56.9 Å². The van der Waals surface area contributed by atoms with Crippen molar-refractivity contribution in [1.29, 1.82) is 0 Å². The molecule has 2 aromatic rings. The largest absolute Gasteiger partial charge is 0.506 e. The molecule has 0 amide bonds. The Kier molecular flexibility index (Phi) is 5.78. The van der Waals surface area contributed by atoms with Crippen LogP contribution in [-0.4, -0.2) is 59.1 Å². The van der Waals surface area contributed by atoms with Crippen molar-refractivity contribution in [2.24, 2.45) is 7.05 Å². The van der Waals surface area contributed by atoms with Crippen molar-refractivity contribution >= 4 is 11.4 Å². The van der Waals surface area contributed by atoms with Gasteiger partial charge in [0.05, 0.1) is 5.69 Å². The quantitative estimate of drug-likeness (QED) is 0.762. The second kappa shape index (κ2) is 8.23. The number of aryl methyl sites for hydroxylation is 2. The number of hydrogen-bond donors (Lipinski definition) is 2. The maximum absolute atomic E-state index is 11.9. The molecule has 2 heterocycles. The summed E-state index contributed by atoms with van der Waals surface area (Å²) in [5, 5.41) is 17.3. The molecule has 1 aliphatic heterocycles. The Morgan fingerprint density at radius 2 is 1.96 bits per heavy atom. The van der Waals surface area contributed by atoms with Crippen LogP contribution in [0.25, 0.3) is 0 Å². The monoisotopic (exact) mass is 357 g/mol. The number of piperazine rings is 1. The van der Waals surface area contributed by atoms with Gasteiger partial charge in [-0.1, -0.05) is 6.07 Å². The number of aromatic hydroxyl groups is 1. The summed E-state index contributed by atoms with van der Waals surface area (Å²) in [5.74, 6) is 0.363. The van der Waals surface area contributed by atoms with Crippen LogP contribution in [0.5, 0.6) is 5.75 Å². The lowest BCUT2D eigenvalue weighted by Gasteiger charge is -2.36. The van der Waals surface area contributed by atoms with Crippen molar-refractivity contribution in [2.45, 2.75) is 13.3 Å². The van der Waals surface area contributed by atoms with E-state index >= 15 is 0 Å². The molecule has 0 unspecified atom stereocenters. The minimum absolute atomic E-state index is 0.0981. The van der Waals surface area contributed by atoms with E-state index in [1.165, 1.54) is 4.68 Å². The molecule has 2 N–H and O–H groups in total. The lowest BCUT2D eigenvalue weighted by molar-refractivity contribution is 0.256. The highest BCUT2D eigenvalue weighted by Gasteiger charge is 2.18. The Labute approximate surface area is 153 Å². The normalized spacial score (nSPS) is 15.2. The van der Waals surface area contributed by atoms with Gasteiger partial charge in [-0.25, -0.2) is 4.68 Å². The Bertz CT molecular complexity index is 797. The van der Waals surface area contributed by atoms with Gasteiger partial charge in [0.1, 0.15) is 11.4 Å². The van der Waals surface area contributed by atoms with Crippen LogP contribution in [0.1, 0.15) is 12.0 Å². The second-order valence-electron chi connectivity index (χ2n) is 6.77. The molecule has 0 bridgehead atoms. The molecule has 1 fully saturated rings. The van der Waals surface area contributed by atoms with Gasteiger partial charge in [0.15, 0.2) is 0 Å². The van der Waals surface area contributed by atoms with Crippen molar-refractivity contribution in [3.8, 4) is 5.75 Å². The van der Waals surface area contributed by atoms with Gasteiger partial charge in [0.2, 0.25) is 0 Å². The van der Waals surface area contributed by atoms with E-state index in [2.05, 4.69) is 20.2 Å². The Morgan fingerprint density at radius 3 is 2.69 bits per heavy atom. The third kappa shape index (κ3) is 4.35. The van der Waals surface area contributed by atoms with E-state index < -0.39 is 0 Å². The average Bonchev–Trinajstić information content (AvgIpc) is 2.63. The predicted octanol–water partition coefficient (Wildman–Crippen LogP) is 1.42. The summed E-state index contributed by atoms with van der Waals surface area (Å²) in [4.78, 5) is 16.6. The van der Waals surface area contributed by atoms with Crippen molar-refractivity contribution in [3.05, 3.63) is 46.4 Å². The maximum atomic E-state index is 11.9. The Balaban J connectivity index is 1.42. The molecular weight excluding hydrogens is 330 g/mol. The number of nitrogens with one attached hydrogen (secondary N) is 1. The van der Waals surface area contributed by atoms with E-state index in [1.807, 2.05) is 25.1 Å². The van der Waals surface area contributed by atoms with Crippen molar-refractivity contribution < 1.29 is 5.11 Å². The molecule has 1 aromatic carbocycles. The lowest BCUT2D eigenvalue weighted by Crippen LogP contribution is -2.46. The summed E-state index contributed by atoms with van der Waals surface area (Å²) in [6, 6.07) is 7.57. The second-order valence-corrected chi connectivity index (χ2v) is 6.77. The average molecular weight is 357 g/mol. The fourth-order valence-electron chi connectivity index (χ4n) is 3.28. The summed E-state index contributed by atoms with van der Waals surface area (Å²) >= 11 is 0. The number of aromatic nitrogens is 2. The molecule has 1 aliphatic rings. The van der Waals surface area contributed by atoms with E-state index in [4.69, 9.17) is 0 Å². The van der Waals surface area contributed by atoms with Gasteiger partial charge < -0.3 is 15.3 Å². The molecular formula is C19H27N5O2. The van der Waals surface area contributed by atoms with Crippen LogP contribution in [0.2, 0.25) is 0 Å². The Morgan fingerprint density at radius 1 is 1.19 bits per heavy atom. The number of anilines is 2. The first-order valence-electron chi connectivity index (χ1n) is 9.08. The number of phenolic OH excluding ortho intramolecular Hbond substituents is 1. The van der Waals surface area contributed by atoms with Gasteiger partial charge in [-0.3, -0.25) is 9.69 Å². The highest BCUT2D eigenvalue weighted by molar-refractivity contribution is 5.59. The molecule has 7 nitrogen and oxygen atoms in total. The number of nitrogens with zero attached hydrogens (tertiary/aromatic N) is 4. The van der Waals surface area contributed by atoms with E-state index in [0.29, 0.717) is 11.4 Å². The number of hydrogen-bond acceptors (Lipinski definition) is 6. The zero-order valence-electron chi connectivity index (χ0n) is 15.5. The topological polar surface area (TPSA) is 73.6 Å². The maximum Gasteiger partial charge on any atom is 0.289 e. The third-order valence-electron chi connectivity index (χ3n) is 4.82. The molecule has 0 spiro atoms. The zero-order chi connectivity index (χ0) is 18.5. The van der Waals surface area contributed by atoms with E-state index in [9.17, 15) is 9.90 Å². The number of benzene rings is 1. The SMILES string of the molecule is Cc1ccc(N2CCN(CCCNc3ccnn(C)c3=O)CC2)c(O)c1. The first-order chi connectivity index (χ1) is 12.5. The van der Waals surface area contributed by atoms with Gasteiger partial charge in [-0.05, 0) is 43.7 Å². The highest BCUT2D eigenvalue weighted by atomic mass is 16.3. The van der Waals surface area contributed by atoms with Gasteiger partial charge in [-0.2, -0.15) is 5.10 Å². The fourth-order valence-corrected chi connectivity index (χ4v) is 3.28. The molecule has 140 valence electrons. The molecule has 1 aromatic heterocycles. The van der Waals surface area contributed by atoms with Crippen LogP contribution in [0.3, 0.4) is 0 Å². The van der Waals surface area contributed by atoms with Crippen molar-refractivity contribution in [2.75, 3.05) is 49.5 Å². The zero-order valence-corrected chi connectivity index (χ0v) is 15.5. The van der Waals surface area contributed by atoms with Crippen LogP contribution in [0, 0.1) is 6.92 Å². The molecule has 0 aliphatic carbocycles.